The molecule has 0 radical (unpaired) electrons. The first-order valence-electron chi connectivity index (χ1n) is 5.14. The third-order valence-corrected chi connectivity index (χ3v) is 2.77. The average molecular weight is 247 g/mol. The Balaban J connectivity index is 2.57. The molecule has 0 fully saturated rings. The Labute approximate surface area is 102 Å². The highest BCUT2D eigenvalue weighted by Crippen LogP contribution is 2.35. The fourth-order valence-corrected chi connectivity index (χ4v) is 1.88. The van der Waals surface area contributed by atoms with Gasteiger partial charge in [-0.05, 0) is 11.6 Å². The minimum Gasteiger partial charge on any atom is -0.269 e. The summed E-state index contributed by atoms with van der Waals surface area (Å²) < 4.78 is 0. The summed E-state index contributed by atoms with van der Waals surface area (Å²) in [5.41, 5.74) is -2.00. The van der Waals surface area contributed by atoms with Crippen molar-refractivity contribution in [3.8, 4) is 0 Å². The van der Waals surface area contributed by atoms with Crippen LogP contribution in [0.4, 0.5) is 0 Å². The SMILES string of the molecule is O=[N+]([O-])C1([N+](=O)[O-])C=CC=NC1c1ccccc1. The molecule has 1 aromatic carbocycles. The molecule has 0 bridgehead atoms. The van der Waals surface area contributed by atoms with Crippen LogP contribution in [-0.2, 0) is 0 Å². The van der Waals surface area contributed by atoms with E-state index in [1.54, 1.807) is 30.3 Å². The molecule has 7 heteroatoms. The Morgan fingerprint density at radius 2 is 1.72 bits per heavy atom. The molecule has 1 atom stereocenters. The van der Waals surface area contributed by atoms with Crippen molar-refractivity contribution >= 4 is 6.21 Å². The van der Waals surface area contributed by atoms with Gasteiger partial charge < -0.3 is 0 Å². The van der Waals surface area contributed by atoms with Gasteiger partial charge >= 0.3 is 5.66 Å². The Kier molecular flexibility index (Phi) is 2.88. The molecule has 0 N–H and O–H groups in total. The van der Waals surface area contributed by atoms with Gasteiger partial charge in [-0.1, -0.05) is 30.3 Å². The van der Waals surface area contributed by atoms with Gasteiger partial charge in [-0.2, -0.15) is 0 Å². The molecule has 0 aromatic heterocycles. The third-order valence-electron chi connectivity index (χ3n) is 2.77. The van der Waals surface area contributed by atoms with E-state index in [0.717, 1.165) is 6.08 Å². The van der Waals surface area contributed by atoms with Gasteiger partial charge in [-0.25, -0.2) is 0 Å². The minimum absolute atomic E-state index is 0.437. The van der Waals surface area contributed by atoms with E-state index < -0.39 is 21.6 Å². The zero-order valence-electron chi connectivity index (χ0n) is 9.17. The lowest BCUT2D eigenvalue weighted by Crippen LogP contribution is -2.50. The molecule has 0 amide bonds. The lowest BCUT2D eigenvalue weighted by atomic mass is 9.92. The number of nitrogens with zero attached hydrogens (tertiary/aromatic N) is 3. The van der Waals surface area contributed by atoms with E-state index in [1.807, 2.05) is 0 Å². The van der Waals surface area contributed by atoms with Crippen LogP contribution in [0.25, 0.3) is 0 Å². The number of hydrogen-bond acceptors (Lipinski definition) is 5. The second kappa shape index (κ2) is 4.36. The van der Waals surface area contributed by atoms with Gasteiger partial charge in [0.15, 0.2) is 0 Å². The van der Waals surface area contributed by atoms with Crippen molar-refractivity contribution in [2.24, 2.45) is 4.99 Å². The number of nitro groups is 2. The topological polar surface area (TPSA) is 98.6 Å². The molecule has 0 spiro atoms. The van der Waals surface area contributed by atoms with Crippen LogP contribution in [0, 0.1) is 20.2 Å². The van der Waals surface area contributed by atoms with E-state index in [4.69, 9.17) is 0 Å². The first-order valence-corrected chi connectivity index (χ1v) is 5.14. The quantitative estimate of drug-likeness (QED) is 0.460. The summed E-state index contributed by atoms with van der Waals surface area (Å²) in [5, 5.41) is 22.3. The number of rotatable bonds is 3. The smallest absolute Gasteiger partial charge is 0.269 e. The Morgan fingerprint density at radius 1 is 1.11 bits per heavy atom. The van der Waals surface area contributed by atoms with E-state index in [1.165, 1.54) is 12.3 Å². The van der Waals surface area contributed by atoms with Crippen LogP contribution in [0.1, 0.15) is 11.6 Å². The number of dihydropyridines is 1. The third kappa shape index (κ3) is 1.65. The van der Waals surface area contributed by atoms with E-state index in [0.29, 0.717) is 5.56 Å². The summed E-state index contributed by atoms with van der Waals surface area (Å²) in [7, 11) is 0. The van der Waals surface area contributed by atoms with Gasteiger partial charge in [0.1, 0.15) is 9.85 Å². The molecule has 1 unspecified atom stereocenters. The maximum atomic E-state index is 11.1. The average Bonchev–Trinajstić information content (AvgIpc) is 2.39. The predicted molar refractivity (Wildman–Crippen MR) is 63.5 cm³/mol. The molecule has 92 valence electrons. The zero-order chi connectivity index (χ0) is 13.2. The lowest BCUT2D eigenvalue weighted by Gasteiger charge is -2.22. The van der Waals surface area contributed by atoms with Gasteiger partial charge in [0.2, 0.25) is 6.04 Å². The van der Waals surface area contributed by atoms with Gasteiger partial charge in [0, 0.05) is 6.21 Å². The number of hydrogen-bond donors (Lipinski definition) is 0. The van der Waals surface area contributed by atoms with Crippen molar-refractivity contribution in [1.29, 1.82) is 0 Å². The summed E-state index contributed by atoms with van der Waals surface area (Å²) in [4.78, 5) is 24.4. The molecule has 1 aliphatic heterocycles. The minimum atomic E-state index is -2.43. The molecule has 18 heavy (non-hydrogen) atoms. The van der Waals surface area contributed by atoms with Crippen molar-refractivity contribution in [3.05, 3.63) is 68.3 Å². The molecule has 0 saturated heterocycles. The zero-order valence-corrected chi connectivity index (χ0v) is 9.17. The fourth-order valence-electron chi connectivity index (χ4n) is 1.88. The fraction of sp³-hybridized carbons (Fsp3) is 0.182. The highest BCUT2D eigenvalue weighted by molar-refractivity contribution is 5.73. The molecule has 1 aromatic rings. The molecule has 7 nitrogen and oxygen atoms in total. The normalized spacial score (nSPS) is 20.6. The number of benzene rings is 1. The first kappa shape index (κ1) is 11.9. The van der Waals surface area contributed by atoms with E-state index in [-0.39, 0.29) is 0 Å². The molecule has 1 aliphatic rings. The van der Waals surface area contributed by atoms with Crippen molar-refractivity contribution in [2.45, 2.75) is 11.7 Å². The Bertz CT molecular complexity index is 524. The molecule has 2 rings (SSSR count). The highest BCUT2D eigenvalue weighted by Gasteiger charge is 2.62. The van der Waals surface area contributed by atoms with Crippen molar-refractivity contribution in [3.63, 3.8) is 0 Å². The second-order valence-electron chi connectivity index (χ2n) is 3.77. The number of allylic oxidation sites excluding steroid dienone is 1. The maximum Gasteiger partial charge on any atom is 0.503 e. The van der Waals surface area contributed by atoms with Gasteiger partial charge in [-0.15, -0.1) is 0 Å². The summed E-state index contributed by atoms with van der Waals surface area (Å²) in [6, 6.07) is 7.06. The van der Waals surface area contributed by atoms with Gasteiger partial charge in [-0.3, -0.25) is 25.2 Å². The van der Waals surface area contributed by atoms with E-state index in [2.05, 4.69) is 4.99 Å². The van der Waals surface area contributed by atoms with Crippen LogP contribution in [0.2, 0.25) is 0 Å². The van der Waals surface area contributed by atoms with Crippen molar-refractivity contribution in [1.82, 2.24) is 0 Å². The number of aliphatic imine (C=N–C) groups is 1. The van der Waals surface area contributed by atoms with E-state index in [9.17, 15) is 20.2 Å². The highest BCUT2D eigenvalue weighted by atomic mass is 16.7. The summed E-state index contributed by atoms with van der Waals surface area (Å²) in [6.07, 6.45) is 3.53. The Hall–Kier alpha value is -2.57. The van der Waals surface area contributed by atoms with Gasteiger partial charge in [0.25, 0.3) is 0 Å². The van der Waals surface area contributed by atoms with Crippen LogP contribution in [0.5, 0.6) is 0 Å². The standard InChI is InChI=1S/C11H9N3O4/c15-13(16)11(14(17)18)7-4-8-12-10(11)9-5-2-1-3-6-9/h1-8,10H. The predicted octanol–water partition coefficient (Wildman–Crippen LogP) is 1.62. The van der Waals surface area contributed by atoms with Crippen molar-refractivity contribution in [2.75, 3.05) is 0 Å². The molecule has 1 heterocycles. The van der Waals surface area contributed by atoms with Crippen LogP contribution in [-0.4, -0.2) is 21.7 Å². The maximum absolute atomic E-state index is 11.1. The summed E-state index contributed by atoms with van der Waals surface area (Å²) >= 11 is 0. The van der Waals surface area contributed by atoms with Crippen molar-refractivity contribution < 1.29 is 9.85 Å². The largest absolute Gasteiger partial charge is 0.503 e. The molecule has 0 saturated carbocycles. The summed E-state index contributed by atoms with van der Waals surface area (Å²) in [6.45, 7) is 0. The molecular formula is C11H9N3O4. The monoisotopic (exact) mass is 247 g/mol. The second-order valence-corrected chi connectivity index (χ2v) is 3.77. The molecular weight excluding hydrogens is 238 g/mol. The van der Waals surface area contributed by atoms with Crippen LogP contribution in [0.3, 0.4) is 0 Å². The van der Waals surface area contributed by atoms with Gasteiger partial charge in [0.05, 0.1) is 6.08 Å². The Morgan fingerprint density at radius 3 is 2.28 bits per heavy atom. The van der Waals surface area contributed by atoms with Crippen LogP contribution < -0.4 is 0 Å². The van der Waals surface area contributed by atoms with Crippen LogP contribution >= 0.6 is 0 Å². The van der Waals surface area contributed by atoms with Crippen LogP contribution in [0.15, 0.2) is 47.5 Å². The summed E-state index contributed by atoms with van der Waals surface area (Å²) in [5.74, 6) is 0. The molecule has 0 aliphatic carbocycles. The first-order chi connectivity index (χ1) is 8.59. The van der Waals surface area contributed by atoms with E-state index >= 15 is 0 Å². The lowest BCUT2D eigenvalue weighted by molar-refractivity contribution is -0.785.